The summed E-state index contributed by atoms with van der Waals surface area (Å²) in [4.78, 5) is 18.8. The fraction of sp³-hybridized carbons (Fsp3) is 0.235. The Bertz CT molecular complexity index is 814. The maximum Gasteiger partial charge on any atom is 0.290 e. The molecule has 24 heavy (non-hydrogen) atoms. The molecular formula is C17H16N4O3. The molecule has 0 aliphatic carbocycles. The Kier molecular flexibility index (Phi) is 3.84. The summed E-state index contributed by atoms with van der Waals surface area (Å²) in [6.07, 6.45) is 2.99. The van der Waals surface area contributed by atoms with Gasteiger partial charge in [0.2, 0.25) is 0 Å². The second-order valence-electron chi connectivity index (χ2n) is 5.43. The molecule has 1 aliphatic heterocycles. The number of carbonyl (C=O) groups is 1. The van der Waals surface area contributed by atoms with E-state index in [1.807, 2.05) is 30.3 Å². The molecule has 0 radical (unpaired) electrons. The molecule has 1 unspecified atom stereocenters. The van der Waals surface area contributed by atoms with Crippen LogP contribution in [-0.4, -0.2) is 45.3 Å². The highest BCUT2D eigenvalue weighted by molar-refractivity contribution is 5.91. The van der Waals surface area contributed by atoms with E-state index in [0.29, 0.717) is 31.3 Å². The molecular weight excluding hydrogens is 308 g/mol. The average Bonchev–Trinajstić information content (AvgIpc) is 3.33. The Balaban J connectivity index is 1.70. The van der Waals surface area contributed by atoms with E-state index in [-0.39, 0.29) is 11.9 Å². The standard InChI is InChI=1S/C17H16N4O3/c22-17(15-7-4-9-24-15)20-8-10-23-11-14(20)16-18-12-19-21(16)13-5-2-1-3-6-13/h1-7,9,12,14H,8,10-11H2. The van der Waals surface area contributed by atoms with Crippen LogP contribution in [0.3, 0.4) is 0 Å². The minimum Gasteiger partial charge on any atom is -0.459 e. The Hall–Kier alpha value is -2.93. The van der Waals surface area contributed by atoms with E-state index >= 15 is 0 Å². The number of furan rings is 1. The van der Waals surface area contributed by atoms with Gasteiger partial charge in [0.25, 0.3) is 5.91 Å². The first-order valence-electron chi connectivity index (χ1n) is 7.72. The predicted octanol–water partition coefficient (Wildman–Crippen LogP) is 2.07. The molecule has 1 fully saturated rings. The maximum absolute atomic E-state index is 12.7. The van der Waals surface area contributed by atoms with Crippen molar-refractivity contribution >= 4 is 5.91 Å². The number of hydrogen-bond acceptors (Lipinski definition) is 5. The van der Waals surface area contributed by atoms with Gasteiger partial charge in [-0.2, -0.15) is 5.10 Å². The van der Waals surface area contributed by atoms with Crippen molar-refractivity contribution in [2.24, 2.45) is 0 Å². The minimum absolute atomic E-state index is 0.170. The highest BCUT2D eigenvalue weighted by atomic mass is 16.5. The van der Waals surface area contributed by atoms with Crippen LogP contribution in [0.15, 0.2) is 59.5 Å². The van der Waals surface area contributed by atoms with Crippen molar-refractivity contribution in [3.05, 3.63) is 66.6 Å². The molecule has 1 aromatic carbocycles. The number of benzene rings is 1. The molecule has 122 valence electrons. The lowest BCUT2D eigenvalue weighted by molar-refractivity contribution is -0.00731. The van der Waals surface area contributed by atoms with Gasteiger partial charge in [0.1, 0.15) is 12.4 Å². The number of amides is 1. The van der Waals surface area contributed by atoms with E-state index < -0.39 is 0 Å². The van der Waals surface area contributed by atoms with Gasteiger partial charge in [0.15, 0.2) is 11.6 Å². The summed E-state index contributed by atoms with van der Waals surface area (Å²) in [6.45, 7) is 1.34. The first kappa shape index (κ1) is 14.6. The lowest BCUT2D eigenvalue weighted by Gasteiger charge is -2.34. The molecule has 3 aromatic rings. The normalized spacial score (nSPS) is 17.8. The maximum atomic E-state index is 12.7. The van der Waals surface area contributed by atoms with Crippen LogP contribution in [0, 0.1) is 0 Å². The highest BCUT2D eigenvalue weighted by Gasteiger charge is 2.33. The number of carbonyl (C=O) groups excluding carboxylic acids is 1. The van der Waals surface area contributed by atoms with E-state index in [4.69, 9.17) is 9.15 Å². The molecule has 1 aliphatic rings. The molecule has 7 nitrogen and oxygen atoms in total. The number of hydrogen-bond donors (Lipinski definition) is 0. The van der Waals surface area contributed by atoms with Crippen molar-refractivity contribution in [2.45, 2.75) is 6.04 Å². The van der Waals surface area contributed by atoms with Gasteiger partial charge in [-0.25, -0.2) is 9.67 Å². The van der Waals surface area contributed by atoms with Crippen molar-refractivity contribution in [3.63, 3.8) is 0 Å². The van der Waals surface area contributed by atoms with E-state index in [0.717, 1.165) is 5.69 Å². The van der Waals surface area contributed by atoms with Crippen LogP contribution in [0.5, 0.6) is 0 Å². The lowest BCUT2D eigenvalue weighted by atomic mass is 10.2. The van der Waals surface area contributed by atoms with Crippen LogP contribution in [-0.2, 0) is 4.74 Å². The predicted molar refractivity (Wildman–Crippen MR) is 84.7 cm³/mol. The van der Waals surface area contributed by atoms with Crippen LogP contribution in [0.25, 0.3) is 5.69 Å². The van der Waals surface area contributed by atoms with Crippen LogP contribution >= 0.6 is 0 Å². The fourth-order valence-corrected chi connectivity index (χ4v) is 2.85. The molecule has 0 saturated carbocycles. The molecule has 0 bridgehead atoms. The van der Waals surface area contributed by atoms with E-state index in [1.165, 1.54) is 12.6 Å². The van der Waals surface area contributed by atoms with E-state index in [9.17, 15) is 4.79 Å². The molecule has 1 saturated heterocycles. The van der Waals surface area contributed by atoms with Gasteiger partial charge in [-0.15, -0.1) is 0 Å². The molecule has 3 heterocycles. The summed E-state index contributed by atoms with van der Waals surface area (Å²) in [5.74, 6) is 0.810. The monoisotopic (exact) mass is 324 g/mol. The molecule has 4 rings (SSSR count). The third kappa shape index (κ3) is 2.59. The first-order valence-corrected chi connectivity index (χ1v) is 7.72. The number of rotatable bonds is 3. The average molecular weight is 324 g/mol. The van der Waals surface area contributed by atoms with Gasteiger partial charge in [-0.05, 0) is 24.3 Å². The number of nitrogens with zero attached hydrogens (tertiary/aromatic N) is 4. The Morgan fingerprint density at radius 1 is 1.17 bits per heavy atom. The van der Waals surface area contributed by atoms with Crippen LogP contribution in [0.2, 0.25) is 0 Å². The van der Waals surface area contributed by atoms with E-state index in [2.05, 4.69) is 10.1 Å². The van der Waals surface area contributed by atoms with Crippen molar-refractivity contribution < 1.29 is 13.9 Å². The zero-order valence-electron chi connectivity index (χ0n) is 12.9. The smallest absolute Gasteiger partial charge is 0.290 e. The summed E-state index contributed by atoms with van der Waals surface area (Å²) < 4.78 is 12.6. The van der Waals surface area contributed by atoms with Crippen molar-refractivity contribution in [1.82, 2.24) is 19.7 Å². The largest absolute Gasteiger partial charge is 0.459 e. The SMILES string of the molecule is O=C(c1ccco1)N1CCOCC1c1ncnn1-c1ccccc1. The second kappa shape index (κ2) is 6.29. The Labute approximate surface area is 138 Å². The molecule has 0 spiro atoms. The molecule has 1 amide bonds. The van der Waals surface area contributed by atoms with E-state index in [1.54, 1.807) is 21.7 Å². The summed E-state index contributed by atoms with van der Waals surface area (Å²) in [5, 5.41) is 4.31. The third-order valence-corrected chi connectivity index (χ3v) is 3.99. The summed E-state index contributed by atoms with van der Waals surface area (Å²) in [5.41, 5.74) is 0.890. The molecule has 1 atom stereocenters. The molecule has 2 aromatic heterocycles. The Morgan fingerprint density at radius 2 is 2.04 bits per heavy atom. The zero-order chi connectivity index (χ0) is 16.4. The first-order chi connectivity index (χ1) is 11.8. The summed E-state index contributed by atoms with van der Waals surface area (Å²) in [6, 6.07) is 12.7. The van der Waals surface area contributed by atoms with Crippen LogP contribution in [0.1, 0.15) is 22.4 Å². The molecule has 7 heteroatoms. The van der Waals surface area contributed by atoms with Crippen molar-refractivity contribution in [2.75, 3.05) is 19.8 Å². The van der Waals surface area contributed by atoms with Gasteiger partial charge >= 0.3 is 0 Å². The molecule has 0 N–H and O–H groups in total. The number of morpholine rings is 1. The van der Waals surface area contributed by atoms with Gasteiger partial charge in [0, 0.05) is 6.54 Å². The van der Waals surface area contributed by atoms with Crippen LogP contribution < -0.4 is 0 Å². The van der Waals surface area contributed by atoms with Crippen molar-refractivity contribution in [1.29, 1.82) is 0 Å². The second-order valence-corrected chi connectivity index (χ2v) is 5.43. The summed E-state index contributed by atoms with van der Waals surface area (Å²) in [7, 11) is 0. The van der Waals surface area contributed by atoms with Gasteiger partial charge in [-0.1, -0.05) is 18.2 Å². The zero-order valence-corrected chi connectivity index (χ0v) is 12.9. The number of aromatic nitrogens is 3. The van der Waals surface area contributed by atoms with Gasteiger partial charge < -0.3 is 14.1 Å². The van der Waals surface area contributed by atoms with Gasteiger partial charge in [0.05, 0.1) is 25.2 Å². The van der Waals surface area contributed by atoms with Crippen molar-refractivity contribution in [3.8, 4) is 5.69 Å². The topological polar surface area (TPSA) is 73.4 Å². The summed E-state index contributed by atoms with van der Waals surface area (Å²) >= 11 is 0. The third-order valence-electron chi connectivity index (χ3n) is 3.99. The highest BCUT2D eigenvalue weighted by Crippen LogP contribution is 2.26. The minimum atomic E-state index is -0.320. The Morgan fingerprint density at radius 3 is 2.83 bits per heavy atom. The number of ether oxygens (including phenoxy) is 1. The van der Waals surface area contributed by atoms with Gasteiger partial charge in [-0.3, -0.25) is 4.79 Å². The number of para-hydroxylation sites is 1. The lowest BCUT2D eigenvalue weighted by Crippen LogP contribution is -2.44. The fourth-order valence-electron chi connectivity index (χ4n) is 2.85. The van der Waals surface area contributed by atoms with Crippen LogP contribution in [0.4, 0.5) is 0 Å². The quantitative estimate of drug-likeness (QED) is 0.737.